The Kier molecular flexibility index (Phi) is 7.88. The quantitative estimate of drug-likeness (QED) is 0.645. The Labute approximate surface area is 162 Å². The fourth-order valence-electron chi connectivity index (χ4n) is 2.58. The Morgan fingerprint density at radius 3 is 2.52 bits per heavy atom. The third-order valence-corrected chi connectivity index (χ3v) is 4.95. The topological polar surface area (TPSA) is 84.5 Å². The van der Waals surface area contributed by atoms with Gasteiger partial charge in [-0.2, -0.15) is 11.8 Å². The zero-order valence-electron chi connectivity index (χ0n) is 15.2. The van der Waals surface area contributed by atoms with E-state index in [1.165, 1.54) is 18.9 Å². The Morgan fingerprint density at radius 2 is 1.89 bits per heavy atom. The zero-order chi connectivity index (χ0) is 19.6. The lowest BCUT2D eigenvalue weighted by molar-refractivity contribution is -0.124. The van der Waals surface area contributed by atoms with E-state index in [0.29, 0.717) is 30.7 Å². The van der Waals surface area contributed by atoms with Crippen LogP contribution >= 0.6 is 11.8 Å². The molecule has 3 amide bonds. The Balaban J connectivity index is 2.14. The highest BCUT2D eigenvalue weighted by molar-refractivity contribution is 7.99. The molecule has 0 fully saturated rings. The fourth-order valence-corrected chi connectivity index (χ4v) is 3.22. The highest BCUT2D eigenvalue weighted by Gasteiger charge is 2.19. The number of rotatable bonds is 9. The molecule has 6 nitrogen and oxygen atoms in total. The molecule has 0 bridgehead atoms. The largest absolute Gasteiger partial charge is 0.496 e. The van der Waals surface area contributed by atoms with Crippen molar-refractivity contribution in [2.75, 3.05) is 13.4 Å². The lowest BCUT2D eigenvalue weighted by atomic mass is 10.0. The van der Waals surface area contributed by atoms with Gasteiger partial charge in [-0.05, 0) is 35.9 Å². The van der Waals surface area contributed by atoms with Crippen molar-refractivity contribution >= 4 is 30.0 Å². The molecule has 142 valence electrons. The number of hydrogen-bond donors (Lipinski definition) is 2. The Hall–Kier alpha value is -2.80. The molecule has 2 aromatic rings. The average molecular weight is 386 g/mol. The van der Waals surface area contributed by atoms with Crippen LogP contribution in [0.1, 0.15) is 21.5 Å². The molecular formula is C20H22N2O4S. The Morgan fingerprint density at radius 1 is 1.15 bits per heavy atom. The summed E-state index contributed by atoms with van der Waals surface area (Å²) in [6.45, 7) is 0.405. The second kappa shape index (κ2) is 10.4. The van der Waals surface area contributed by atoms with Gasteiger partial charge in [0, 0.05) is 6.54 Å². The lowest BCUT2D eigenvalue weighted by Gasteiger charge is -2.15. The van der Waals surface area contributed by atoms with Crippen molar-refractivity contribution < 1.29 is 19.1 Å². The van der Waals surface area contributed by atoms with Gasteiger partial charge in [-0.15, -0.1) is 0 Å². The van der Waals surface area contributed by atoms with Crippen LogP contribution in [0, 0.1) is 0 Å². The Bertz CT molecular complexity index is 796. The molecule has 0 saturated heterocycles. The van der Waals surface area contributed by atoms with Crippen LogP contribution in [-0.2, 0) is 22.6 Å². The predicted molar refractivity (Wildman–Crippen MR) is 106 cm³/mol. The van der Waals surface area contributed by atoms with E-state index in [1.54, 1.807) is 18.4 Å². The molecule has 0 saturated carbocycles. The first-order valence-corrected chi connectivity index (χ1v) is 9.63. The number of thioether (sulfide) groups is 1. The number of ether oxygens (including phenoxy) is 1. The van der Waals surface area contributed by atoms with Crippen LogP contribution in [0.5, 0.6) is 5.75 Å². The zero-order valence-corrected chi connectivity index (χ0v) is 16.0. The molecule has 0 radical (unpaired) electrons. The van der Waals surface area contributed by atoms with Crippen LogP contribution in [0.15, 0.2) is 48.5 Å². The third-order valence-electron chi connectivity index (χ3n) is 4.00. The summed E-state index contributed by atoms with van der Waals surface area (Å²) in [5.74, 6) is -0.152. The summed E-state index contributed by atoms with van der Waals surface area (Å²) in [5, 5.41) is 4.62. The molecule has 7 heteroatoms. The van der Waals surface area contributed by atoms with Crippen LogP contribution in [0.25, 0.3) is 0 Å². The van der Waals surface area contributed by atoms with E-state index in [1.807, 2.05) is 36.4 Å². The van der Waals surface area contributed by atoms with Crippen molar-refractivity contribution in [3.05, 3.63) is 65.2 Å². The summed E-state index contributed by atoms with van der Waals surface area (Å²) in [6.07, 6.45) is 2.57. The molecule has 0 aliphatic heterocycles. The molecule has 0 spiro atoms. The second-order valence-electron chi connectivity index (χ2n) is 5.76. The van der Waals surface area contributed by atoms with E-state index in [9.17, 15) is 14.4 Å². The molecule has 1 atom stereocenters. The van der Waals surface area contributed by atoms with E-state index >= 15 is 0 Å². The van der Waals surface area contributed by atoms with Gasteiger partial charge in [0.1, 0.15) is 5.75 Å². The van der Waals surface area contributed by atoms with Crippen LogP contribution in [0.3, 0.4) is 0 Å². The molecule has 2 rings (SSSR count). The van der Waals surface area contributed by atoms with Crippen LogP contribution < -0.4 is 15.4 Å². The summed E-state index contributed by atoms with van der Waals surface area (Å²) >= 11 is 1.34. The SMILES string of the molecule is COc1ccc(CC(SC)C(=O)NC=O)cc1C(=O)NCc1ccccc1. The third kappa shape index (κ3) is 5.86. The smallest absolute Gasteiger partial charge is 0.255 e. The molecule has 1 unspecified atom stereocenters. The number of amides is 3. The fraction of sp³-hybridized carbons (Fsp3) is 0.250. The number of carbonyl (C=O) groups excluding carboxylic acids is 3. The minimum atomic E-state index is -0.427. The van der Waals surface area contributed by atoms with Gasteiger partial charge >= 0.3 is 0 Å². The van der Waals surface area contributed by atoms with Crippen molar-refractivity contribution in [2.45, 2.75) is 18.2 Å². The number of nitrogens with one attached hydrogen (secondary N) is 2. The lowest BCUT2D eigenvalue weighted by Crippen LogP contribution is -2.33. The van der Waals surface area contributed by atoms with Crippen molar-refractivity contribution in [2.24, 2.45) is 0 Å². The van der Waals surface area contributed by atoms with E-state index in [4.69, 9.17) is 4.74 Å². The number of benzene rings is 2. The maximum atomic E-state index is 12.6. The second-order valence-corrected chi connectivity index (χ2v) is 6.80. The number of methoxy groups -OCH3 is 1. The maximum Gasteiger partial charge on any atom is 0.255 e. The monoisotopic (exact) mass is 386 g/mol. The van der Waals surface area contributed by atoms with E-state index in [2.05, 4.69) is 10.6 Å². The van der Waals surface area contributed by atoms with Crippen molar-refractivity contribution in [3.63, 3.8) is 0 Å². The maximum absolute atomic E-state index is 12.6. The molecule has 27 heavy (non-hydrogen) atoms. The van der Waals surface area contributed by atoms with Gasteiger partial charge in [-0.3, -0.25) is 19.7 Å². The van der Waals surface area contributed by atoms with Crippen LogP contribution in [-0.4, -0.2) is 36.8 Å². The minimum Gasteiger partial charge on any atom is -0.496 e. The van der Waals surface area contributed by atoms with Gasteiger partial charge in [0.05, 0.1) is 17.9 Å². The van der Waals surface area contributed by atoms with E-state index in [-0.39, 0.29) is 11.8 Å². The number of imide groups is 1. The van der Waals surface area contributed by atoms with Crippen molar-refractivity contribution in [1.82, 2.24) is 10.6 Å². The van der Waals surface area contributed by atoms with E-state index in [0.717, 1.165) is 11.1 Å². The summed E-state index contributed by atoms with van der Waals surface area (Å²) < 4.78 is 5.30. The van der Waals surface area contributed by atoms with Gasteiger partial charge in [0.25, 0.3) is 5.91 Å². The molecule has 0 aromatic heterocycles. The van der Waals surface area contributed by atoms with Gasteiger partial charge in [0.2, 0.25) is 12.3 Å². The molecule has 2 aromatic carbocycles. The first kappa shape index (κ1) is 20.5. The van der Waals surface area contributed by atoms with Crippen LogP contribution in [0.2, 0.25) is 0 Å². The molecule has 0 aliphatic carbocycles. The highest BCUT2D eigenvalue weighted by atomic mass is 32.2. The summed E-state index contributed by atoms with van der Waals surface area (Å²) in [6, 6.07) is 14.8. The number of carbonyl (C=O) groups is 3. The standard InChI is InChI=1S/C20H22N2O4S/c1-26-17-9-8-15(11-18(27-2)20(25)22-13-23)10-16(17)19(24)21-12-14-6-4-3-5-7-14/h3-10,13,18H,11-12H2,1-2H3,(H,21,24)(H,22,23,25). The van der Waals surface area contributed by atoms with Crippen LogP contribution in [0.4, 0.5) is 0 Å². The van der Waals surface area contributed by atoms with Gasteiger partial charge in [-0.1, -0.05) is 36.4 Å². The summed E-state index contributed by atoms with van der Waals surface area (Å²) in [4.78, 5) is 35.0. The van der Waals surface area contributed by atoms with Gasteiger partial charge in [0.15, 0.2) is 0 Å². The first-order chi connectivity index (χ1) is 13.1. The highest BCUT2D eigenvalue weighted by Crippen LogP contribution is 2.23. The predicted octanol–water partition coefficient (Wildman–Crippen LogP) is 2.17. The molecule has 2 N–H and O–H groups in total. The summed E-state index contributed by atoms with van der Waals surface area (Å²) in [7, 11) is 1.51. The van der Waals surface area contributed by atoms with Crippen molar-refractivity contribution in [3.8, 4) is 5.75 Å². The van der Waals surface area contributed by atoms with Crippen molar-refractivity contribution in [1.29, 1.82) is 0 Å². The van der Waals surface area contributed by atoms with Gasteiger partial charge in [-0.25, -0.2) is 0 Å². The minimum absolute atomic E-state index is 0.254. The molecule has 0 aliphatic rings. The molecular weight excluding hydrogens is 364 g/mol. The van der Waals surface area contributed by atoms with Gasteiger partial charge < -0.3 is 10.1 Å². The summed E-state index contributed by atoms with van der Waals surface area (Å²) in [5.41, 5.74) is 2.21. The normalized spacial score (nSPS) is 11.3. The average Bonchev–Trinajstić information content (AvgIpc) is 2.71. The number of hydrogen-bond acceptors (Lipinski definition) is 5. The first-order valence-electron chi connectivity index (χ1n) is 8.35. The molecule has 0 heterocycles. The van der Waals surface area contributed by atoms with E-state index < -0.39 is 5.25 Å².